The lowest BCUT2D eigenvalue weighted by molar-refractivity contribution is 0.476. The van der Waals surface area contributed by atoms with Crippen molar-refractivity contribution in [2.24, 2.45) is 0 Å². The molecular formula is C20H28N2O. The Morgan fingerprint density at radius 3 is 2.17 bits per heavy atom. The minimum Gasteiger partial charge on any atom is -0.507 e. The molecule has 2 rings (SSSR count). The Morgan fingerprint density at radius 1 is 0.870 bits per heavy atom. The Hall–Kier alpha value is -1.90. The largest absolute Gasteiger partial charge is 0.507 e. The normalized spacial score (nSPS) is 10.8. The molecule has 0 saturated carbocycles. The first-order valence-electron chi connectivity index (χ1n) is 8.90. The number of phenolic OH excluding ortho intramolecular Hbond substituents is 1. The minimum atomic E-state index is 0.272. The highest BCUT2D eigenvalue weighted by Crippen LogP contribution is 2.27. The van der Waals surface area contributed by atoms with E-state index in [1.54, 1.807) is 18.5 Å². The maximum absolute atomic E-state index is 10.2. The molecular weight excluding hydrogens is 284 g/mol. The fraction of sp³-hybridized carbons (Fsp3) is 0.500. The third-order valence-electron chi connectivity index (χ3n) is 4.19. The van der Waals surface area contributed by atoms with Gasteiger partial charge in [0.05, 0.1) is 5.56 Å². The third kappa shape index (κ3) is 6.01. The van der Waals surface area contributed by atoms with Gasteiger partial charge in [0, 0.05) is 12.4 Å². The van der Waals surface area contributed by atoms with Crippen LogP contribution in [0.25, 0.3) is 11.4 Å². The van der Waals surface area contributed by atoms with Crippen molar-refractivity contribution in [3.63, 3.8) is 0 Å². The van der Waals surface area contributed by atoms with Crippen LogP contribution in [0.5, 0.6) is 5.75 Å². The van der Waals surface area contributed by atoms with E-state index in [0.29, 0.717) is 11.4 Å². The van der Waals surface area contributed by atoms with Gasteiger partial charge in [0.2, 0.25) is 0 Å². The first kappa shape index (κ1) is 17.5. The van der Waals surface area contributed by atoms with E-state index in [-0.39, 0.29) is 5.75 Å². The van der Waals surface area contributed by atoms with Gasteiger partial charge < -0.3 is 5.11 Å². The van der Waals surface area contributed by atoms with Gasteiger partial charge >= 0.3 is 0 Å². The Balaban J connectivity index is 1.74. The van der Waals surface area contributed by atoms with Crippen LogP contribution in [0.1, 0.15) is 63.9 Å². The molecule has 23 heavy (non-hydrogen) atoms. The average molecular weight is 312 g/mol. The Labute approximate surface area is 139 Å². The molecule has 0 bridgehead atoms. The summed E-state index contributed by atoms with van der Waals surface area (Å²) in [7, 11) is 0. The molecule has 3 nitrogen and oxygen atoms in total. The van der Waals surface area contributed by atoms with Crippen molar-refractivity contribution in [3.05, 3.63) is 42.2 Å². The van der Waals surface area contributed by atoms with Crippen molar-refractivity contribution in [1.82, 2.24) is 9.97 Å². The number of phenols is 1. The zero-order valence-electron chi connectivity index (χ0n) is 14.2. The molecule has 0 aliphatic carbocycles. The van der Waals surface area contributed by atoms with E-state index in [2.05, 4.69) is 23.0 Å². The molecule has 1 aromatic carbocycles. The highest BCUT2D eigenvalue weighted by Gasteiger charge is 2.07. The van der Waals surface area contributed by atoms with Gasteiger partial charge in [0.1, 0.15) is 5.75 Å². The lowest BCUT2D eigenvalue weighted by atomic mass is 10.0. The SMILES string of the molecule is CCCCCCCCCCc1ccc(-c2ncccn2)c(O)c1. The maximum Gasteiger partial charge on any atom is 0.162 e. The number of unbranched alkanes of at least 4 members (excludes halogenated alkanes) is 7. The van der Waals surface area contributed by atoms with Crippen molar-refractivity contribution in [2.75, 3.05) is 0 Å². The van der Waals surface area contributed by atoms with Gasteiger partial charge in [-0.15, -0.1) is 0 Å². The molecule has 124 valence electrons. The summed E-state index contributed by atoms with van der Waals surface area (Å²) in [5.41, 5.74) is 1.89. The molecule has 3 heteroatoms. The maximum atomic E-state index is 10.2. The van der Waals surface area contributed by atoms with Crippen LogP contribution in [0.4, 0.5) is 0 Å². The fourth-order valence-electron chi connectivity index (χ4n) is 2.82. The predicted octanol–water partition coefficient (Wildman–Crippen LogP) is 5.53. The zero-order valence-corrected chi connectivity index (χ0v) is 14.2. The van der Waals surface area contributed by atoms with Crippen LogP contribution in [0.15, 0.2) is 36.7 Å². The molecule has 0 aliphatic heterocycles. The second-order valence-electron chi connectivity index (χ2n) is 6.15. The molecule has 0 unspecified atom stereocenters. The second-order valence-corrected chi connectivity index (χ2v) is 6.15. The van der Waals surface area contributed by atoms with Crippen LogP contribution >= 0.6 is 0 Å². The number of hydrogen-bond donors (Lipinski definition) is 1. The second kappa shape index (κ2) is 9.98. The van der Waals surface area contributed by atoms with Crippen LogP contribution in [0.3, 0.4) is 0 Å². The smallest absolute Gasteiger partial charge is 0.162 e. The number of aromatic hydroxyl groups is 1. The van der Waals surface area contributed by atoms with E-state index in [9.17, 15) is 5.11 Å². The van der Waals surface area contributed by atoms with Crippen LogP contribution in [-0.2, 0) is 6.42 Å². The van der Waals surface area contributed by atoms with Crippen molar-refractivity contribution in [1.29, 1.82) is 0 Å². The Morgan fingerprint density at radius 2 is 1.52 bits per heavy atom. The van der Waals surface area contributed by atoms with Crippen molar-refractivity contribution in [2.45, 2.75) is 64.7 Å². The zero-order chi connectivity index (χ0) is 16.3. The van der Waals surface area contributed by atoms with Gasteiger partial charge in [0.25, 0.3) is 0 Å². The van der Waals surface area contributed by atoms with Crippen molar-refractivity contribution in [3.8, 4) is 17.1 Å². The summed E-state index contributed by atoms with van der Waals surface area (Å²) in [4.78, 5) is 8.37. The molecule has 0 amide bonds. The summed E-state index contributed by atoms with van der Waals surface area (Å²) in [6.45, 7) is 2.25. The van der Waals surface area contributed by atoms with E-state index >= 15 is 0 Å². The van der Waals surface area contributed by atoms with Crippen LogP contribution in [-0.4, -0.2) is 15.1 Å². The van der Waals surface area contributed by atoms with Gasteiger partial charge in [-0.3, -0.25) is 0 Å². The third-order valence-corrected chi connectivity index (χ3v) is 4.19. The van der Waals surface area contributed by atoms with Crippen molar-refractivity contribution < 1.29 is 5.11 Å². The average Bonchev–Trinajstić information content (AvgIpc) is 2.58. The summed E-state index contributed by atoms with van der Waals surface area (Å²) in [6.07, 6.45) is 15.0. The Bertz CT molecular complexity index is 569. The molecule has 0 atom stereocenters. The quantitative estimate of drug-likeness (QED) is 0.586. The van der Waals surface area contributed by atoms with E-state index < -0.39 is 0 Å². The molecule has 2 aromatic rings. The van der Waals surface area contributed by atoms with Gasteiger partial charge in [-0.25, -0.2) is 9.97 Å². The van der Waals surface area contributed by atoms with Gasteiger partial charge in [-0.2, -0.15) is 0 Å². The summed E-state index contributed by atoms with van der Waals surface area (Å²) in [6, 6.07) is 7.63. The first-order valence-corrected chi connectivity index (χ1v) is 8.90. The number of aryl methyl sites for hydroxylation is 1. The molecule has 0 radical (unpaired) electrons. The van der Waals surface area contributed by atoms with Crippen LogP contribution in [0, 0.1) is 0 Å². The highest BCUT2D eigenvalue weighted by molar-refractivity contribution is 5.63. The van der Waals surface area contributed by atoms with Crippen molar-refractivity contribution >= 4 is 0 Å². The molecule has 1 aromatic heterocycles. The van der Waals surface area contributed by atoms with E-state index in [0.717, 1.165) is 6.42 Å². The predicted molar refractivity (Wildman–Crippen MR) is 95.4 cm³/mol. The molecule has 0 saturated heterocycles. The molecule has 0 fully saturated rings. The standard InChI is InChI=1S/C20H28N2O/c1-2-3-4-5-6-7-8-9-11-17-12-13-18(19(23)16-17)20-21-14-10-15-22-20/h10,12-16,23H,2-9,11H2,1H3. The van der Waals surface area contributed by atoms with Crippen LogP contribution < -0.4 is 0 Å². The van der Waals surface area contributed by atoms with Gasteiger partial charge in [0.15, 0.2) is 5.82 Å². The number of hydrogen-bond acceptors (Lipinski definition) is 3. The minimum absolute atomic E-state index is 0.272. The molecule has 0 aliphatic rings. The van der Waals surface area contributed by atoms with E-state index in [4.69, 9.17) is 0 Å². The summed E-state index contributed by atoms with van der Waals surface area (Å²) >= 11 is 0. The fourth-order valence-corrected chi connectivity index (χ4v) is 2.82. The lowest BCUT2D eigenvalue weighted by Gasteiger charge is -2.07. The highest BCUT2D eigenvalue weighted by atomic mass is 16.3. The molecule has 1 N–H and O–H groups in total. The van der Waals surface area contributed by atoms with E-state index in [1.165, 1.54) is 56.9 Å². The topological polar surface area (TPSA) is 46.0 Å². The molecule has 0 spiro atoms. The van der Waals surface area contributed by atoms with E-state index in [1.807, 2.05) is 12.1 Å². The first-order chi connectivity index (χ1) is 11.3. The van der Waals surface area contributed by atoms with Gasteiger partial charge in [-0.1, -0.05) is 57.9 Å². The number of nitrogens with zero attached hydrogens (tertiary/aromatic N) is 2. The molecule has 1 heterocycles. The summed E-state index contributed by atoms with van der Waals surface area (Å²) < 4.78 is 0. The summed E-state index contributed by atoms with van der Waals surface area (Å²) in [5.74, 6) is 0.844. The number of rotatable bonds is 10. The Kier molecular flexibility index (Phi) is 7.58. The van der Waals surface area contributed by atoms with Crippen LogP contribution in [0.2, 0.25) is 0 Å². The van der Waals surface area contributed by atoms with Gasteiger partial charge in [-0.05, 0) is 36.6 Å². The number of aromatic nitrogens is 2. The number of benzene rings is 1. The lowest BCUT2D eigenvalue weighted by Crippen LogP contribution is -1.90. The summed E-state index contributed by atoms with van der Waals surface area (Å²) in [5, 5.41) is 10.2. The monoisotopic (exact) mass is 312 g/mol.